The van der Waals surface area contributed by atoms with Gasteiger partial charge < -0.3 is 9.59 Å². The Balaban J connectivity index is 3.56. The van der Waals surface area contributed by atoms with Crippen molar-refractivity contribution in [2.45, 2.75) is 219 Å². The van der Waals surface area contributed by atoms with Crippen molar-refractivity contribution >= 4 is 0 Å². The molecule has 0 saturated carbocycles. The number of aliphatic hydroxyl groups is 1. The second-order valence-corrected chi connectivity index (χ2v) is 14.8. The Labute approximate surface area is 285 Å². The maximum Gasteiger partial charge on any atom is 0.102 e. The average Bonchev–Trinajstić information content (AvgIpc) is 3.04. The number of hydrogen-bond donors (Lipinski definition) is 1. The van der Waals surface area contributed by atoms with E-state index >= 15 is 0 Å². The van der Waals surface area contributed by atoms with Gasteiger partial charge in [-0.3, -0.25) is 0 Å². The highest BCUT2D eigenvalue weighted by Crippen LogP contribution is 2.15. The van der Waals surface area contributed by atoms with Crippen LogP contribution in [-0.4, -0.2) is 42.9 Å². The van der Waals surface area contributed by atoms with Gasteiger partial charge in [-0.25, -0.2) is 0 Å². The van der Waals surface area contributed by atoms with Gasteiger partial charge in [0.15, 0.2) is 0 Å². The predicted molar refractivity (Wildman–Crippen MR) is 205 cm³/mol. The molecule has 0 atom stereocenters. The highest BCUT2D eigenvalue weighted by atomic mass is 16.3. The molecule has 0 aliphatic rings. The van der Waals surface area contributed by atoms with Crippen LogP contribution in [0.15, 0.2) is 24.3 Å². The van der Waals surface area contributed by atoms with E-state index in [1.165, 1.54) is 219 Å². The molecule has 0 heterocycles. The van der Waals surface area contributed by atoms with E-state index in [1.807, 2.05) is 0 Å². The summed E-state index contributed by atoms with van der Waals surface area (Å²) < 4.78 is 1.07. The summed E-state index contributed by atoms with van der Waals surface area (Å²) in [6, 6.07) is 0. The molecule has 0 bridgehead atoms. The molecule has 1 N–H and O–H groups in total. The number of unbranched alkanes of at least 4 members (excludes halogenated alkanes) is 28. The van der Waals surface area contributed by atoms with Crippen molar-refractivity contribution in [3.63, 3.8) is 0 Å². The van der Waals surface area contributed by atoms with Crippen LogP contribution in [0.4, 0.5) is 0 Å². The molecule has 0 radical (unpaired) electrons. The lowest BCUT2D eigenvalue weighted by Crippen LogP contribution is -2.47. The van der Waals surface area contributed by atoms with Crippen molar-refractivity contribution in [2.75, 3.05) is 33.3 Å². The summed E-state index contributed by atoms with van der Waals surface area (Å²) in [6.07, 6.45) is 54.0. The van der Waals surface area contributed by atoms with Gasteiger partial charge >= 0.3 is 0 Å². The fourth-order valence-corrected chi connectivity index (χ4v) is 6.77. The monoisotopic (exact) mass is 633 g/mol. The Morgan fingerprint density at radius 2 is 0.578 bits per heavy atom. The molecule has 2 nitrogen and oxygen atoms in total. The fourth-order valence-electron chi connectivity index (χ4n) is 6.77. The maximum absolute atomic E-state index is 9.68. The van der Waals surface area contributed by atoms with Gasteiger partial charge in [-0.1, -0.05) is 167 Å². The van der Waals surface area contributed by atoms with E-state index in [0.29, 0.717) is 6.61 Å². The van der Waals surface area contributed by atoms with Crippen molar-refractivity contribution in [3.05, 3.63) is 24.3 Å². The smallest absolute Gasteiger partial charge is 0.102 e. The van der Waals surface area contributed by atoms with Gasteiger partial charge in [0.25, 0.3) is 0 Å². The Morgan fingerprint density at radius 3 is 0.844 bits per heavy atom. The molecule has 0 aromatic rings. The minimum absolute atomic E-state index is 0.329. The van der Waals surface area contributed by atoms with Crippen molar-refractivity contribution in [1.29, 1.82) is 0 Å². The zero-order valence-corrected chi connectivity index (χ0v) is 31.7. The number of aliphatic hydroxyl groups excluding tert-OH is 1. The fraction of sp³-hybridized carbons (Fsp3) is 0.907. The average molecular weight is 633 g/mol. The first-order valence-corrected chi connectivity index (χ1v) is 20.9. The van der Waals surface area contributed by atoms with Crippen LogP contribution in [0.5, 0.6) is 0 Å². The molecule has 0 rings (SSSR count). The SMILES string of the molecule is CCCCCCCCCC/C=C\CCCCCCCC[N+](C)(CCO)CCCCCCCC/C=C\CCCCCCCCCC. The van der Waals surface area contributed by atoms with Gasteiger partial charge in [0.1, 0.15) is 6.54 Å². The minimum atomic E-state index is 0.329. The lowest BCUT2D eigenvalue weighted by molar-refractivity contribution is -0.910. The number of likely N-dealkylation sites (N-methyl/N-ethyl adjacent to an activating group) is 1. The zero-order chi connectivity index (χ0) is 32.8. The Kier molecular flexibility index (Phi) is 37.3. The van der Waals surface area contributed by atoms with Gasteiger partial charge in [-0.2, -0.15) is 0 Å². The summed E-state index contributed by atoms with van der Waals surface area (Å²) in [5, 5.41) is 9.68. The minimum Gasteiger partial charge on any atom is -0.391 e. The highest BCUT2D eigenvalue weighted by Gasteiger charge is 2.19. The molecule has 0 spiro atoms. The largest absolute Gasteiger partial charge is 0.391 e. The van der Waals surface area contributed by atoms with Crippen molar-refractivity contribution in [2.24, 2.45) is 0 Å². The lowest BCUT2D eigenvalue weighted by atomic mass is 10.1. The molecule has 2 heteroatoms. The summed E-state index contributed by atoms with van der Waals surface area (Å²) in [6.45, 7) is 8.34. The standard InChI is InChI=1S/C43H86NO/c1-4-6-8-10-12-14-16-18-20-22-24-26-28-30-32-34-36-38-40-44(3,42-43-45)41-39-37-35-33-31-29-27-25-23-21-19-17-15-13-11-9-7-5-2/h22-25,45H,4-21,26-43H2,1-3H3/q+1/b24-22-,25-23-. The molecule has 0 amide bonds. The van der Waals surface area contributed by atoms with E-state index in [-0.39, 0.29) is 0 Å². The van der Waals surface area contributed by atoms with E-state index in [9.17, 15) is 5.11 Å². The molecule has 268 valence electrons. The second-order valence-electron chi connectivity index (χ2n) is 14.8. The third-order valence-corrected chi connectivity index (χ3v) is 10.1. The normalized spacial score (nSPS) is 12.4. The molecule has 0 unspecified atom stereocenters. The first kappa shape index (κ1) is 44.4. The molecule has 0 aromatic heterocycles. The zero-order valence-electron chi connectivity index (χ0n) is 31.7. The Morgan fingerprint density at radius 1 is 0.333 bits per heavy atom. The molecule has 0 aliphatic heterocycles. The van der Waals surface area contributed by atoms with Gasteiger partial charge in [0.05, 0.1) is 26.7 Å². The first-order chi connectivity index (χ1) is 22.2. The number of rotatable bonds is 38. The van der Waals surface area contributed by atoms with Gasteiger partial charge in [-0.05, 0) is 77.0 Å². The predicted octanol–water partition coefficient (Wildman–Crippen LogP) is 14.1. The number of nitrogens with zero attached hydrogens (tertiary/aromatic N) is 1. The van der Waals surface area contributed by atoms with Gasteiger partial charge in [0, 0.05) is 0 Å². The van der Waals surface area contributed by atoms with Crippen LogP contribution in [-0.2, 0) is 0 Å². The number of allylic oxidation sites excluding steroid dienone is 4. The molecule has 0 aliphatic carbocycles. The van der Waals surface area contributed by atoms with Gasteiger partial charge in [-0.15, -0.1) is 0 Å². The Bertz CT molecular complexity index is 551. The second kappa shape index (κ2) is 37.9. The lowest BCUT2D eigenvalue weighted by Gasteiger charge is -2.34. The summed E-state index contributed by atoms with van der Waals surface area (Å²) in [4.78, 5) is 0. The molecule has 0 aromatic carbocycles. The summed E-state index contributed by atoms with van der Waals surface area (Å²) in [5.41, 5.74) is 0. The van der Waals surface area contributed by atoms with E-state index < -0.39 is 0 Å². The van der Waals surface area contributed by atoms with E-state index in [0.717, 1.165) is 11.0 Å². The molecule has 0 saturated heterocycles. The highest BCUT2D eigenvalue weighted by molar-refractivity contribution is 4.82. The van der Waals surface area contributed by atoms with Crippen LogP contribution in [0.3, 0.4) is 0 Å². The number of hydrogen-bond acceptors (Lipinski definition) is 1. The summed E-state index contributed by atoms with van der Waals surface area (Å²) in [5.74, 6) is 0. The molecular formula is C43H86NO+. The Hall–Kier alpha value is -0.600. The van der Waals surface area contributed by atoms with Crippen molar-refractivity contribution in [3.8, 4) is 0 Å². The topological polar surface area (TPSA) is 20.2 Å². The summed E-state index contributed by atoms with van der Waals surface area (Å²) >= 11 is 0. The molecular weight excluding hydrogens is 546 g/mol. The van der Waals surface area contributed by atoms with E-state index in [2.05, 4.69) is 45.2 Å². The molecule has 0 fully saturated rings. The van der Waals surface area contributed by atoms with Crippen LogP contribution < -0.4 is 0 Å². The number of quaternary nitrogens is 1. The van der Waals surface area contributed by atoms with Crippen LogP contribution in [0, 0.1) is 0 Å². The van der Waals surface area contributed by atoms with Crippen LogP contribution in [0.25, 0.3) is 0 Å². The molecule has 45 heavy (non-hydrogen) atoms. The quantitative estimate of drug-likeness (QED) is 0.0408. The van der Waals surface area contributed by atoms with Crippen molar-refractivity contribution in [1.82, 2.24) is 0 Å². The summed E-state index contributed by atoms with van der Waals surface area (Å²) in [7, 11) is 2.39. The first-order valence-electron chi connectivity index (χ1n) is 20.9. The third-order valence-electron chi connectivity index (χ3n) is 10.1. The van der Waals surface area contributed by atoms with Crippen LogP contribution in [0.2, 0.25) is 0 Å². The maximum atomic E-state index is 9.68. The van der Waals surface area contributed by atoms with Crippen LogP contribution in [0.1, 0.15) is 219 Å². The van der Waals surface area contributed by atoms with Gasteiger partial charge in [0.2, 0.25) is 0 Å². The van der Waals surface area contributed by atoms with Crippen LogP contribution >= 0.6 is 0 Å². The third kappa shape index (κ3) is 36.1. The van der Waals surface area contributed by atoms with Crippen molar-refractivity contribution < 1.29 is 9.59 Å². The van der Waals surface area contributed by atoms with E-state index in [4.69, 9.17) is 0 Å². The van der Waals surface area contributed by atoms with E-state index in [1.54, 1.807) is 0 Å².